The SMILES string of the molecule is CCCCCC(=O)Nc1cccc(CN2N=C(c3ccc(OC)c(OC4CCCC4)c3)C(CC)CC2=O)c1. The van der Waals surface area contributed by atoms with Gasteiger partial charge in [-0.2, -0.15) is 5.10 Å². The lowest BCUT2D eigenvalue weighted by Gasteiger charge is -2.29. The summed E-state index contributed by atoms with van der Waals surface area (Å²) >= 11 is 0. The number of nitrogens with zero attached hydrogens (tertiary/aromatic N) is 2. The topological polar surface area (TPSA) is 80.2 Å². The van der Waals surface area contributed by atoms with E-state index in [1.807, 2.05) is 42.5 Å². The van der Waals surface area contributed by atoms with Crippen LogP contribution in [0.3, 0.4) is 0 Å². The molecular formula is C31H41N3O4. The van der Waals surface area contributed by atoms with Crippen LogP contribution in [0.5, 0.6) is 11.5 Å². The Morgan fingerprint density at radius 1 is 1.08 bits per heavy atom. The van der Waals surface area contributed by atoms with Gasteiger partial charge in [-0.25, -0.2) is 5.01 Å². The molecule has 7 heteroatoms. The van der Waals surface area contributed by atoms with Gasteiger partial charge in [0.15, 0.2) is 11.5 Å². The fourth-order valence-electron chi connectivity index (χ4n) is 5.23. The molecule has 1 heterocycles. The van der Waals surface area contributed by atoms with E-state index in [2.05, 4.69) is 19.2 Å². The van der Waals surface area contributed by atoms with Crippen molar-refractivity contribution < 1.29 is 19.1 Å². The predicted molar refractivity (Wildman–Crippen MR) is 151 cm³/mol. The van der Waals surface area contributed by atoms with Gasteiger partial charge >= 0.3 is 0 Å². The van der Waals surface area contributed by atoms with E-state index in [1.54, 1.807) is 12.1 Å². The van der Waals surface area contributed by atoms with Crippen LogP contribution in [-0.4, -0.2) is 35.7 Å². The second kappa shape index (κ2) is 13.4. The molecule has 0 aromatic heterocycles. The Kier molecular flexibility index (Phi) is 9.79. The Hall–Kier alpha value is -3.35. The van der Waals surface area contributed by atoms with Crippen molar-refractivity contribution in [1.29, 1.82) is 0 Å². The molecule has 1 aliphatic heterocycles. The lowest BCUT2D eigenvalue weighted by Crippen LogP contribution is -2.36. The zero-order chi connectivity index (χ0) is 26.9. The van der Waals surface area contributed by atoms with E-state index in [4.69, 9.17) is 14.6 Å². The van der Waals surface area contributed by atoms with Crippen molar-refractivity contribution in [2.45, 2.75) is 90.7 Å². The molecule has 0 bridgehead atoms. The summed E-state index contributed by atoms with van der Waals surface area (Å²) in [6.07, 6.45) is 9.49. The number of ether oxygens (including phenoxy) is 2. The molecule has 1 atom stereocenters. The molecule has 2 aliphatic rings. The molecule has 1 fully saturated rings. The maximum absolute atomic E-state index is 13.1. The highest BCUT2D eigenvalue weighted by Gasteiger charge is 2.30. The van der Waals surface area contributed by atoms with Crippen molar-refractivity contribution >= 4 is 23.2 Å². The van der Waals surface area contributed by atoms with E-state index < -0.39 is 0 Å². The molecule has 0 radical (unpaired) electrons. The molecule has 1 aliphatic carbocycles. The van der Waals surface area contributed by atoms with Crippen LogP contribution in [0.2, 0.25) is 0 Å². The summed E-state index contributed by atoms with van der Waals surface area (Å²) in [5, 5.41) is 9.41. The second-order valence-corrected chi connectivity index (χ2v) is 10.3. The van der Waals surface area contributed by atoms with Gasteiger partial charge in [-0.1, -0.05) is 38.8 Å². The average Bonchev–Trinajstić information content (AvgIpc) is 3.43. The molecule has 38 heavy (non-hydrogen) atoms. The van der Waals surface area contributed by atoms with Gasteiger partial charge < -0.3 is 14.8 Å². The smallest absolute Gasteiger partial charge is 0.243 e. The predicted octanol–water partition coefficient (Wildman–Crippen LogP) is 6.70. The molecule has 2 aromatic carbocycles. The minimum atomic E-state index is 0.00513. The van der Waals surface area contributed by atoms with Gasteiger partial charge in [0, 0.05) is 30.0 Å². The summed E-state index contributed by atoms with van der Waals surface area (Å²) in [5.74, 6) is 1.52. The quantitative estimate of drug-likeness (QED) is 0.317. The van der Waals surface area contributed by atoms with Gasteiger partial charge in [0.05, 0.1) is 25.5 Å². The Balaban J connectivity index is 1.53. The van der Waals surface area contributed by atoms with Crippen LogP contribution in [0.4, 0.5) is 5.69 Å². The first-order valence-corrected chi connectivity index (χ1v) is 14.1. The van der Waals surface area contributed by atoms with Crippen molar-refractivity contribution in [3.8, 4) is 11.5 Å². The first kappa shape index (κ1) is 27.7. The third kappa shape index (κ3) is 7.15. The summed E-state index contributed by atoms with van der Waals surface area (Å²) in [4.78, 5) is 25.3. The van der Waals surface area contributed by atoms with Crippen LogP contribution >= 0.6 is 0 Å². The summed E-state index contributed by atoms with van der Waals surface area (Å²) in [6.45, 7) is 4.56. The molecule has 2 aromatic rings. The zero-order valence-electron chi connectivity index (χ0n) is 23.0. The van der Waals surface area contributed by atoms with Crippen molar-refractivity contribution in [2.75, 3.05) is 12.4 Å². The number of carbonyl (C=O) groups excluding carboxylic acids is 2. The van der Waals surface area contributed by atoms with Crippen LogP contribution < -0.4 is 14.8 Å². The fourth-order valence-corrected chi connectivity index (χ4v) is 5.23. The minimum Gasteiger partial charge on any atom is -0.493 e. The minimum absolute atomic E-state index is 0.00513. The Morgan fingerprint density at radius 2 is 1.89 bits per heavy atom. The molecule has 1 unspecified atom stereocenters. The van der Waals surface area contributed by atoms with E-state index in [1.165, 1.54) is 12.8 Å². The van der Waals surface area contributed by atoms with Crippen molar-refractivity contribution in [3.05, 3.63) is 53.6 Å². The molecule has 204 valence electrons. The molecule has 1 N–H and O–H groups in total. The standard InChI is InChI=1S/C31H41N3O4/c1-4-6-7-15-29(35)32-25-12-10-11-22(18-25)21-34-30(36)20-23(5-2)31(33-34)24-16-17-27(37-3)28(19-24)38-26-13-8-9-14-26/h10-12,16-19,23,26H,4-9,13-15,20-21H2,1-3H3,(H,32,35). The van der Waals surface area contributed by atoms with E-state index >= 15 is 0 Å². The molecular weight excluding hydrogens is 478 g/mol. The lowest BCUT2D eigenvalue weighted by molar-refractivity contribution is -0.133. The first-order chi connectivity index (χ1) is 18.5. The van der Waals surface area contributed by atoms with Gasteiger partial charge in [0.1, 0.15) is 0 Å². The summed E-state index contributed by atoms with van der Waals surface area (Å²) in [7, 11) is 1.66. The largest absolute Gasteiger partial charge is 0.493 e. The van der Waals surface area contributed by atoms with Gasteiger partial charge in [-0.15, -0.1) is 0 Å². The van der Waals surface area contributed by atoms with Crippen molar-refractivity contribution in [2.24, 2.45) is 11.0 Å². The Bertz CT molecular complexity index is 1140. The molecule has 7 nitrogen and oxygen atoms in total. The van der Waals surface area contributed by atoms with E-state index in [0.717, 1.165) is 66.8 Å². The molecule has 0 saturated heterocycles. The number of rotatable bonds is 12. The summed E-state index contributed by atoms with van der Waals surface area (Å²) in [6, 6.07) is 13.6. The van der Waals surface area contributed by atoms with Gasteiger partial charge in [0.25, 0.3) is 0 Å². The highest BCUT2D eigenvalue weighted by Crippen LogP contribution is 2.34. The number of hydrogen-bond acceptors (Lipinski definition) is 5. The van der Waals surface area contributed by atoms with Crippen LogP contribution in [0, 0.1) is 5.92 Å². The molecule has 4 rings (SSSR count). The van der Waals surface area contributed by atoms with E-state index in [9.17, 15) is 9.59 Å². The fraction of sp³-hybridized carbons (Fsp3) is 0.516. The third-order valence-corrected chi connectivity index (χ3v) is 7.42. The molecule has 1 saturated carbocycles. The normalized spacial score (nSPS) is 17.9. The number of unbranched alkanes of at least 4 members (excludes halogenated alkanes) is 2. The van der Waals surface area contributed by atoms with Crippen molar-refractivity contribution in [1.82, 2.24) is 5.01 Å². The van der Waals surface area contributed by atoms with Crippen molar-refractivity contribution in [3.63, 3.8) is 0 Å². The highest BCUT2D eigenvalue weighted by molar-refractivity contribution is 6.06. The number of anilines is 1. The van der Waals surface area contributed by atoms with Crippen LogP contribution in [0.15, 0.2) is 47.6 Å². The number of benzene rings is 2. The Labute approximate surface area is 226 Å². The van der Waals surface area contributed by atoms with Crippen LogP contribution in [-0.2, 0) is 16.1 Å². The third-order valence-electron chi connectivity index (χ3n) is 7.42. The number of carbonyl (C=O) groups is 2. The molecule has 0 spiro atoms. The lowest BCUT2D eigenvalue weighted by atomic mass is 9.89. The highest BCUT2D eigenvalue weighted by atomic mass is 16.5. The Morgan fingerprint density at radius 3 is 2.63 bits per heavy atom. The van der Waals surface area contributed by atoms with Crippen LogP contribution in [0.25, 0.3) is 0 Å². The summed E-state index contributed by atoms with van der Waals surface area (Å²) in [5.41, 5.74) is 3.51. The van der Waals surface area contributed by atoms with Gasteiger partial charge in [0.2, 0.25) is 11.8 Å². The molecule has 2 amide bonds. The zero-order valence-corrected chi connectivity index (χ0v) is 23.0. The van der Waals surface area contributed by atoms with Gasteiger partial charge in [-0.3, -0.25) is 9.59 Å². The first-order valence-electron chi connectivity index (χ1n) is 14.1. The van der Waals surface area contributed by atoms with Gasteiger partial charge in [-0.05, 0) is 74.4 Å². The average molecular weight is 520 g/mol. The number of hydrogen-bond donors (Lipinski definition) is 1. The van der Waals surface area contributed by atoms with Crippen LogP contribution in [0.1, 0.15) is 89.2 Å². The maximum Gasteiger partial charge on any atom is 0.243 e. The summed E-state index contributed by atoms with van der Waals surface area (Å²) < 4.78 is 11.9. The van der Waals surface area contributed by atoms with E-state index in [0.29, 0.717) is 25.1 Å². The number of nitrogens with one attached hydrogen (secondary N) is 1. The number of methoxy groups -OCH3 is 1. The van der Waals surface area contributed by atoms with E-state index in [-0.39, 0.29) is 23.8 Å². The number of hydrazone groups is 1. The monoisotopic (exact) mass is 519 g/mol. The maximum atomic E-state index is 13.1. The second-order valence-electron chi connectivity index (χ2n) is 10.3. The number of amides is 2.